The molecule has 146 valence electrons. The molecule has 2 heteroatoms. The van der Waals surface area contributed by atoms with E-state index in [1.807, 2.05) is 30.3 Å². The molecule has 1 aliphatic carbocycles. The summed E-state index contributed by atoms with van der Waals surface area (Å²) in [6.45, 7) is 4.29. The molecule has 0 saturated heterocycles. The molecule has 0 radical (unpaired) electrons. The van der Waals surface area contributed by atoms with Crippen molar-refractivity contribution in [3.63, 3.8) is 0 Å². The van der Waals surface area contributed by atoms with Crippen LogP contribution in [0.25, 0.3) is 0 Å². The lowest BCUT2D eigenvalue weighted by Crippen LogP contribution is -2.25. The van der Waals surface area contributed by atoms with Gasteiger partial charge in [0.25, 0.3) is 0 Å². The van der Waals surface area contributed by atoms with Gasteiger partial charge >= 0.3 is 0 Å². The molecule has 1 aliphatic rings. The Hall–Kier alpha value is -2.61. The first kappa shape index (κ1) is 20.1. The topological polar surface area (TPSA) is 26.3 Å². The van der Waals surface area contributed by atoms with E-state index in [-0.39, 0.29) is 17.6 Å². The van der Waals surface area contributed by atoms with Crippen molar-refractivity contribution in [2.24, 2.45) is 5.92 Å². The number of hydrogen-bond acceptors (Lipinski definition) is 2. The minimum Gasteiger partial charge on any atom is -0.497 e. The van der Waals surface area contributed by atoms with Crippen molar-refractivity contribution in [1.82, 2.24) is 0 Å². The van der Waals surface area contributed by atoms with Gasteiger partial charge in [0, 0.05) is 11.5 Å². The summed E-state index contributed by atoms with van der Waals surface area (Å²) in [6, 6.07) is 18.1. The van der Waals surface area contributed by atoms with Crippen molar-refractivity contribution in [2.75, 3.05) is 7.11 Å². The number of carbonyl (C=O) groups is 1. The highest BCUT2D eigenvalue weighted by molar-refractivity contribution is 5.99. The fourth-order valence-electron chi connectivity index (χ4n) is 4.05. The Kier molecular flexibility index (Phi) is 6.86. The normalized spacial score (nSPS) is 18.9. The van der Waals surface area contributed by atoms with Crippen molar-refractivity contribution in [2.45, 2.75) is 45.4 Å². The van der Waals surface area contributed by atoms with Crippen LogP contribution in [-0.4, -0.2) is 12.9 Å². The van der Waals surface area contributed by atoms with Crippen LogP contribution < -0.4 is 4.74 Å². The summed E-state index contributed by atoms with van der Waals surface area (Å²) >= 11 is 0. The lowest BCUT2D eigenvalue weighted by Gasteiger charge is -2.31. The van der Waals surface area contributed by atoms with Crippen molar-refractivity contribution in [3.8, 4) is 5.75 Å². The molecule has 2 atom stereocenters. The molecule has 3 rings (SSSR count). The smallest absolute Gasteiger partial charge is 0.167 e. The number of ether oxygens (including phenoxy) is 1. The van der Waals surface area contributed by atoms with Gasteiger partial charge in [-0.15, -0.1) is 0 Å². The van der Waals surface area contributed by atoms with Gasteiger partial charge in [-0.05, 0) is 63.1 Å². The van der Waals surface area contributed by atoms with Crippen molar-refractivity contribution < 1.29 is 9.53 Å². The minimum absolute atomic E-state index is 0.0262. The van der Waals surface area contributed by atoms with E-state index in [9.17, 15) is 4.79 Å². The van der Waals surface area contributed by atoms with Gasteiger partial charge in [0.2, 0.25) is 0 Å². The van der Waals surface area contributed by atoms with E-state index in [4.69, 9.17) is 4.74 Å². The van der Waals surface area contributed by atoms with Gasteiger partial charge in [-0.25, -0.2) is 0 Å². The van der Waals surface area contributed by atoms with E-state index >= 15 is 0 Å². The van der Waals surface area contributed by atoms with Crippen molar-refractivity contribution in [3.05, 3.63) is 89.0 Å². The monoisotopic (exact) mass is 374 g/mol. The lowest BCUT2D eigenvalue weighted by molar-refractivity contribution is 0.0895. The van der Waals surface area contributed by atoms with Gasteiger partial charge in [-0.3, -0.25) is 4.79 Å². The van der Waals surface area contributed by atoms with Crippen LogP contribution in [0.2, 0.25) is 0 Å². The Morgan fingerprint density at radius 2 is 1.89 bits per heavy atom. The zero-order valence-electron chi connectivity index (χ0n) is 17.2. The maximum absolute atomic E-state index is 13.4. The van der Waals surface area contributed by atoms with E-state index in [1.165, 1.54) is 16.7 Å². The molecular formula is C26H30O2. The second-order valence-corrected chi connectivity index (χ2v) is 7.84. The zero-order chi connectivity index (χ0) is 19.9. The van der Waals surface area contributed by atoms with E-state index in [0.29, 0.717) is 0 Å². The Bertz CT molecular complexity index is 857. The fraction of sp³-hybridized carbons (Fsp3) is 0.346. The van der Waals surface area contributed by atoms with Crippen LogP contribution in [0.4, 0.5) is 0 Å². The Balaban J connectivity index is 1.86. The maximum atomic E-state index is 13.4. The molecule has 0 saturated carbocycles. The van der Waals surface area contributed by atoms with Crippen LogP contribution in [0.15, 0.2) is 77.9 Å². The maximum Gasteiger partial charge on any atom is 0.167 e. The molecule has 2 aromatic carbocycles. The molecule has 2 nitrogen and oxygen atoms in total. The fourth-order valence-corrected chi connectivity index (χ4v) is 4.05. The summed E-state index contributed by atoms with van der Waals surface area (Å²) in [6.07, 6.45) is 8.52. The van der Waals surface area contributed by atoms with Gasteiger partial charge in [0.05, 0.1) is 7.11 Å². The number of methoxy groups -OCH3 is 1. The SMILES string of the molecule is COc1cccc(C(=O)[C@@H]2CC=C(CCC=C(C)C)C[C@H]2c2ccccc2)c1. The third kappa shape index (κ3) is 5.01. The highest BCUT2D eigenvalue weighted by atomic mass is 16.5. The Morgan fingerprint density at radius 1 is 1.11 bits per heavy atom. The molecule has 0 amide bonds. The van der Waals surface area contributed by atoms with E-state index in [1.54, 1.807) is 7.11 Å². The molecule has 2 aromatic rings. The predicted octanol–water partition coefficient (Wildman–Crippen LogP) is 6.74. The third-order valence-electron chi connectivity index (χ3n) is 5.57. The average molecular weight is 375 g/mol. The number of Topliss-reactive ketones (excluding diaryl/α,β-unsaturated/α-hetero) is 1. The summed E-state index contributed by atoms with van der Waals surface area (Å²) in [5, 5.41) is 0. The minimum atomic E-state index is -0.0262. The van der Waals surface area contributed by atoms with Crippen LogP contribution in [0.5, 0.6) is 5.75 Å². The molecule has 0 heterocycles. The second-order valence-electron chi connectivity index (χ2n) is 7.84. The predicted molar refractivity (Wildman–Crippen MR) is 116 cm³/mol. The molecular weight excluding hydrogens is 344 g/mol. The lowest BCUT2D eigenvalue weighted by atomic mass is 9.72. The number of benzene rings is 2. The van der Waals surface area contributed by atoms with Gasteiger partial charge in [0.1, 0.15) is 5.75 Å². The summed E-state index contributed by atoms with van der Waals surface area (Å²) < 4.78 is 5.31. The van der Waals surface area contributed by atoms with Crippen LogP contribution >= 0.6 is 0 Å². The Morgan fingerprint density at radius 3 is 2.61 bits per heavy atom. The quantitative estimate of drug-likeness (QED) is 0.396. The van der Waals surface area contributed by atoms with Crippen LogP contribution in [0, 0.1) is 5.92 Å². The van der Waals surface area contributed by atoms with Gasteiger partial charge in [-0.2, -0.15) is 0 Å². The van der Waals surface area contributed by atoms with E-state index in [2.05, 4.69) is 50.3 Å². The molecule has 0 bridgehead atoms. The van der Waals surface area contributed by atoms with E-state index < -0.39 is 0 Å². The molecule has 0 unspecified atom stereocenters. The number of allylic oxidation sites excluding steroid dienone is 4. The van der Waals surface area contributed by atoms with Gasteiger partial charge in [-0.1, -0.05) is 65.8 Å². The molecule has 0 aliphatic heterocycles. The number of ketones is 1. The number of hydrogen-bond donors (Lipinski definition) is 0. The number of rotatable bonds is 7. The largest absolute Gasteiger partial charge is 0.497 e. The van der Waals surface area contributed by atoms with Crippen LogP contribution in [-0.2, 0) is 0 Å². The van der Waals surface area contributed by atoms with Crippen LogP contribution in [0.1, 0.15) is 61.4 Å². The van der Waals surface area contributed by atoms with E-state index in [0.717, 1.165) is 37.0 Å². The summed E-state index contributed by atoms with van der Waals surface area (Å²) in [7, 11) is 1.64. The molecule has 0 spiro atoms. The Labute approximate surface area is 168 Å². The summed E-state index contributed by atoms with van der Waals surface area (Å²) in [5.41, 5.74) is 4.84. The highest BCUT2D eigenvalue weighted by Crippen LogP contribution is 2.40. The second kappa shape index (κ2) is 9.54. The third-order valence-corrected chi connectivity index (χ3v) is 5.57. The first-order valence-corrected chi connectivity index (χ1v) is 10.1. The first-order chi connectivity index (χ1) is 13.6. The highest BCUT2D eigenvalue weighted by Gasteiger charge is 2.32. The van der Waals surface area contributed by atoms with Crippen molar-refractivity contribution in [1.29, 1.82) is 0 Å². The molecule has 0 N–H and O–H groups in total. The standard InChI is InChI=1S/C26H30O2/c1-19(2)9-7-10-20-15-16-24(25(17-20)21-11-5-4-6-12-21)26(27)22-13-8-14-23(18-22)28-3/h4-6,8-9,11-15,18,24-25H,7,10,16-17H2,1-3H3/t24-,25+/m1/s1. The first-order valence-electron chi connectivity index (χ1n) is 10.1. The average Bonchev–Trinajstić information content (AvgIpc) is 2.73. The van der Waals surface area contributed by atoms with Gasteiger partial charge < -0.3 is 4.74 Å². The van der Waals surface area contributed by atoms with Crippen molar-refractivity contribution >= 4 is 5.78 Å². The number of carbonyl (C=O) groups excluding carboxylic acids is 1. The van der Waals surface area contributed by atoms with Crippen LogP contribution in [0.3, 0.4) is 0 Å². The molecule has 28 heavy (non-hydrogen) atoms. The summed E-state index contributed by atoms with van der Waals surface area (Å²) in [4.78, 5) is 13.4. The molecule has 0 fully saturated rings. The van der Waals surface area contributed by atoms with Gasteiger partial charge in [0.15, 0.2) is 5.78 Å². The summed E-state index contributed by atoms with van der Waals surface area (Å²) in [5.74, 6) is 1.15. The zero-order valence-corrected chi connectivity index (χ0v) is 17.2. The molecule has 0 aromatic heterocycles.